The molecule has 5 heteroatoms. The van der Waals surface area contributed by atoms with Crippen LogP contribution in [0.4, 0.5) is 5.69 Å². The molecule has 1 aromatic rings. The van der Waals surface area contributed by atoms with Crippen molar-refractivity contribution in [1.82, 2.24) is 5.32 Å². The molecule has 0 radical (unpaired) electrons. The van der Waals surface area contributed by atoms with Gasteiger partial charge in [-0.1, -0.05) is 19.1 Å². The standard InChI is InChI=1S/C13H18N2O3/c1-3-10-4-6-11(7-5-10)14-8-12(13(17)18)15-9(2)16/h4-7,12,14H,3,8H2,1-2H3,(H,15,16)(H,17,18). The molecule has 0 fully saturated rings. The quantitative estimate of drug-likeness (QED) is 0.710. The lowest BCUT2D eigenvalue weighted by atomic mass is 10.1. The number of carbonyl (C=O) groups excluding carboxylic acids is 1. The zero-order valence-corrected chi connectivity index (χ0v) is 10.6. The SMILES string of the molecule is CCc1ccc(NCC(NC(C)=O)C(=O)O)cc1. The molecule has 0 saturated heterocycles. The maximum Gasteiger partial charge on any atom is 0.328 e. The Morgan fingerprint density at radius 1 is 1.28 bits per heavy atom. The van der Waals surface area contributed by atoms with E-state index in [9.17, 15) is 9.59 Å². The Bertz CT molecular complexity index is 415. The molecule has 0 bridgehead atoms. The molecule has 0 aliphatic rings. The second-order valence-corrected chi connectivity index (χ2v) is 4.02. The fraction of sp³-hybridized carbons (Fsp3) is 0.385. The van der Waals surface area contributed by atoms with Crippen LogP contribution < -0.4 is 10.6 Å². The summed E-state index contributed by atoms with van der Waals surface area (Å²) in [5, 5.41) is 14.3. The number of aryl methyl sites for hydroxylation is 1. The first kappa shape index (κ1) is 14.0. The van der Waals surface area contributed by atoms with Gasteiger partial charge >= 0.3 is 5.97 Å². The van der Waals surface area contributed by atoms with Crippen molar-refractivity contribution in [2.45, 2.75) is 26.3 Å². The number of hydrogen-bond acceptors (Lipinski definition) is 3. The van der Waals surface area contributed by atoms with Crippen molar-refractivity contribution >= 4 is 17.6 Å². The third kappa shape index (κ3) is 4.45. The highest BCUT2D eigenvalue weighted by atomic mass is 16.4. The summed E-state index contributed by atoms with van der Waals surface area (Å²) in [5.74, 6) is -1.41. The van der Waals surface area contributed by atoms with Crippen LogP contribution in [0, 0.1) is 0 Å². The normalized spacial score (nSPS) is 11.7. The topological polar surface area (TPSA) is 78.4 Å². The van der Waals surface area contributed by atoms with E-state index in [1.165, 1.54) is 12.5 Å². The number of rotatable bonds is 6. The predicted octanol–water partition coefficient (Wildman–Crippen LogP) is 1.25. The van der Waals surface area contributed by atoms with Crippen molar-refractivity contribution < 1.29 is 14.7 Å². The van der Waals surface area contributed by atoms with Crippen LogP contribution in [-0.2, 0) is 16.0 Å². The van der Waals surface area contributed by atoms with Crippen molar-refractivity contribution in [2.75, 3.05) is 11.9 Å². The largest absolute Gasteiger partial charge is 0.480 e. The maximum absolute atomic E-state index is 10.9. The van der Waals surface area contributed by atoms with Gasteiger partial charge in [-0.05, 0) is 24.1 Å². The molecule has 0 spiro atoms. The van der Waals surface area contributed by atoms with Crippen LogP contribution in [0.15, 0.2) is 24.3 Å². The maximum atomic E-state index is 10.9. The first-order valence-corrected chi connectivity index (χ1v) is 5.85. The molecule has 18 heavy (non-hydrogen) atoms. The molecular formula is C13H18N2O3. The van der Waals surface area contributed by atoms with Crippen molar-refractivity contribution in [3.8, 4) is 0 Å². The lowest BCUT2D eigenvalue weighted by Gasteiger charge is -2.15. The average Bonchev–Trinajstić information content (AvgIpc) is 2.34. The van der Waals surface area contributed by atoms with Crippen molar-refractivity contribution in [1.29, 1.82) is 0 Å². The number of hydrogen-bond donors (Lipinski definition) is 3. The first-order chi connectivity index (χ1) is 8.52. The van der Waals surface area contributed by atoms with Gasteiger partial charge in [0.15, 0.2) is 0 Å². The van der Waals surface area contributed by atoms with E-state index in [0.29, 0.717) is 0 Å². The summed E-state index contributed by atoms with van der Waals surface area (Å²) < 4.78 is 0. The van der Waals surface area contributed by atoms with Crippen LogP contribution in [0.1, 0.15) is 19.4 Å². The monoisotopic (exact) mass is 250 g/mol. The molecule has 1 aromatic carbocycles. The van der Waals surface area contributed by atoms with Gasteiger partial charge in [-0.3, -0.25) is 4.79 Å². The lowest BCUT2D eigenvalue weighted by molar-refractivity contribution is -0.141. The molecule has 3 N–H and O–H groups in total. The fourth-order valence-electron chi connectivity index (χ4n) is 1.52. The van der Waals surface area contributed by atoms with Crippen LogP contribution in [0.25, 0.3) is 0 Å². The Labute approximate surface area is 106 Å². The van der Waals surface area contributed by atoms with Crippen molar-refractivity contribution in [3.63, 3.8) is 0 Å². The van der Waals surface area contributed by atoms with Crippen molar-refractivity contribution in [3.05, 3.63) is 29.8 Å². The minimum Gasteiger partial charge on any atom is -0.480 e. The van der Waals surface area contributed by atoms with E-state index in [0.717, 1.165) is 12.1 Å². The lowest BCUT2D eigenvalue weighted by Crippen LogP contribution is -2.44. The van der Waals surface area contributed by atoms with Gasteiger partial charge in [0.1, 0.15) is 6.04 Å². The van der Waals surface area contributed by atoms with E-state index >= 15 is 0 Å². The number of amides is 1. The molecule has 5 nitrogen and oxygen atoms in total. The van der Waals surface area contributed by atoms with Crippen LogP contribution in [0.2, 0.25) is 0 Å². The number of carboxylic acid groups (broad SMARTS) is 1. The second-order valence-electron chi connectivity index (χ2n) is 4.02. The Balaban J connectivity index is 2.55. The summed E-state index contributed by atoms with van der Waals surface area (Å²) in [6.07, 6.45) is 0.962. The molecule has 0 aliphatic heterocycles. The molecule has 98 valence electrons. The molecule has 1 rings (SSSR count). The van der Waals surface area contributed by atoms with Gasteiger partial charge in [-0.25, -0.2) is 4.79 Å². The van der Waals surface area contributed by atoms with Gasteiger partial charge in [-0.15, -0.1) is 0 Å². The summed E-state index contributed by atoms with van der Waals surface area (Å²) in [6.45, 7) is 3.52. The van der Waals surface area contributed by atoms with E-state index in [1.807, 2.05) is 24.3 Å². The van der Waals surface area contributed by atoms with Gasteiger partial charge in [0.2, 0.25) is 5.91 Å². The van der Waals surface area contributed by atoms with E-state index in [2.05, 4.69) is 17.6 Å². The van der Waals surface area contributed by atoms with Gasteiger partial charge in [0.05, 0.1) is 0 Å². The van der Waals surface area contributed by atoms with E-state index in [4.69, 9.17) is 5.11 Å². The Kier molecular flexibility index (Phi) is 5.17. The molecule has 1 amide bonds. The Hall–Kier alpha value is -2.04. The number of benzene rings is 1. The summed E-state index contributed by atoms with van der Waals surface area (Å²) in [7, 11) is 0. The summed E-state index contributed by atoms with van der Waals surface area (Å²) in [6, 6.07) is 6.83. The number of aliphatic carboxylic acids is 1. The molecule has 0 heterocycles. The molecule has 1 unspecified atom stereocenters. The Morgan fingerprint density at radius 2 is 1.89 bits per heavy atom. The van der Waals surface area contributed by atoms with E-state index in [-0.39, 0.29) is 12.5 Å². The van der Waals surface area contributed by atoms with E-state index in [1.54, 1.807) is 0 Å². The van der Waals surface area contributed by atoms with Gasteiger partial charge in [0, 0.05) is 19.2 Å². The van der Waals surface area contributed by atoms with E-state index < -0.39 is 12.0 Å². The zero-order chi connectivity index (χ0) is 13.5. The number of nitrogens with one attached hydrogen (secondary N) is 2. The van der Waals surface area contributed by atoms with Crippen LogP contribution in [-0.4, -0.2) is 29.6 Å². The molecule has 1 atom stereocenters. The smallest absolute Gasteiger partial charge is 0.328 e. The molecule has 0 aliphatic carbocycles. The highest BCUT2D eigenvalue weighted by Gasteiger charge is 2.17. The summed E-state index contributed by atoms with van der Waals surface area (Å²) in [5.41, 5.74) is 2.06. The number of anilines is 1. The number of carbonyl (C=O) groups is 2. The highest BCUT2D eigenvalue weighted by molar-refractivity contribution is 5.82. The fourth-order valence-corrected chi connectivity index (χ4v) is 1.52. The van der Waals surface area contributed by atoms with Gasteiger partial charge in [-0.2, -0.15) is 0 Å². The average molecular weight is 250 g/mol. The molecule has 0 aromatic heterocycles. The third-order valence-electron chi connectivity index (χ3n) is 2.55. The molecule has 0 saturated carbocycles. The Morgan fingerprint density at radius 3 is 2.33 bits per heavy atom. The highest BCUT2D eigenvalue weighted by Crippen LogP contribution is 2.09. The minimum absolute atomic E-state index is 0.153. The van der Waals surface area contributed by atoms with Crippen LogP contribution >= 0.6 is 0 Å². The van der Waals surface area contributed by atoms with Crippen LogP contribution in [0.5, 0.6) is 0 Å². The zero-order valence-electron chi connectivity index (χ0n) is 10.6. The third-order valence-corrected chi connectivity index (χ3v) is 2.55. The predicted molar refractivity (Wildman–Crippen MR) is 69.6 cm³/mol. The van der Waals surface area contributed by atoms with Gasteiger partial charge < -0.3 is 15.7 Å². The van der Waals surface area contributed by atoms with Crippen molar-refractivity contribution in [2.24, 2.45) is 0 Å². The first-order valence-electron chi connectivity index (χ1n) is 5.85. The number of carboxylic acids is 1. The summed E-state index contributed by atoms with van der Waals surface area (Å²) in [4.78, 5) is 21.8. The second kappa shape index (κ2) is 6.64. The summed E-state index contributed by atoms with van der Waals surface area (Å²) >= 11 is 0. The molecular weight excluding hydrogens is 232 g/mol. The van der Waals surface area contributed by atoms with Gasteiger partial charge in [0.25, 0.3) is 0 Å². The minimum atomic E-state index is -1.05. The van der Waals surface area contributed by atoms with Crippen LogP contribution in [0.3, 0.4) is 0 Å².